The molecule has 1 rings (SSSR count). The fourth-order valence-corrected chi connectivity index (χ4v) is 1.62. The number of hydrogen-bond acceptors (Lipinski definition) is 2. The largest absolute Gasteiger partial charge is 0.480 e. The van der Waals surface area contributed by atoms with Gasteiger partial charge in [0.15, 0.2) is 0 Å². The van der Waals surface area contributed by atoms with E-state index in [-0.39, 0.29) is 19.1 Å². The first kappa shape index (κ1) is 13.9. The normalized spacial score (nSPS) is 11.2. The molecule has 0 radical (unpaired) electrons. The van der Waals surface area contributed by atoms with Gasteiger partial charge >= 0.3 is 5.97 Å². The van der Waals surface area contributed by atoms with Crippen molar-refractivity contribution >= 4 is 17.6 Å². The average molecular weight is 260 g/mol. The van der Waals surface area contributed by atoms with Crippen LogP contribution in [0.5, 0.6) is 0 Å². The standard InChI is InChI=1S/C12H15ClFNO2/c1-8(2)15(7-12(16)17)6-9-3-4-10(13)5-11(9)14/h3-5,8H,6-7H2,1-2H3,(H,16,17). The molecule has 0 saturated heterocycles. The number of carboxylic acids is 1. The first-order valence-corrected chi connectivity index (χ1v) is 5.67. The first-order valence-electron chi connectivity index (χ1n) is 5.30. The van der Waals surface area contributed by atoms with Gasteiger partial charge in [-0.25, -0.2) is 4.39 Å². The number of benzene rings is 1. The fourth-order valence-electron chi connectivity index (χ4n) is 1.46. The molecule has 0 unspecified atom stereocenters. The van der Waals surface area contributed by atoms with E-state index in [2.05, 4.69) is 0 Å². The second-order valence-electron chi connectivity index (χ2n) is 4.13. The summed E-state index contributed by atoms with van der Waals surface area (Å²) >= 11 is 5.65. The lowest BCUT2D eigenvalue weighted by atomic mass is 10.1. The number of carboxylic acid groups (broad SMARTS) is 1. The van der Waals surface area contributed by atoms with E-state index in [0.29, 0.717) is 10.6 Å². The smallest absolute Gasteiger partial charge is 0.317 e. The maximum absolute atomic E-state index is 13.6. The van der Waals surface area contributed by atoms with Gasteiger partial charge < -0.3 is 5.11 Å². The van der Waals surface area contributed by atoms with E-state index in [0.717, 1.165) is 0 Å². The molecule has 0 spiro atoms. The van der Waals surface area contributed by atoms with Gasteiger partial charge in [-0.05, 0) is 26.0 Å². The molecule has 0 bridgehead atoms. The Kier molecular flexibility index (Phi) is 4.90. The molecule has 94 valence electrons. The Labute approximate surface area is 105 Å². The quantitative estimate of drug-likeness (QED) is 0.884. The summed E-state index contributed by atoms with van der Waals surface area (Å²) in [5.41, 5.74) is 0.448. The molecule has 0 fully saturated rings. The molecule has 1 N–H and O–H groups in total. The minimum absolute atomic E-state index is 0.0289. The van der Waals surface area contributed by atoms with Gasteiger partial charge in [-0.2, -0.15) is 0 Å². The minimum Gasteiger partial charge on any atom is -0.480 e. The molecule has 0 aromatic heterocycles. The van der Waals surface area contributed by atoms with Gasteiger partial charge in [0.05, 0.1) is 6.54 Å². The lowest BCUT2D eigenvalue weighted by Crippen LogP contribution is -2.35. The molecule has 17 heavy (non-hydrogen) atoms. The second kappa shape index (κ2) is 5.98. The second-order valence-corrected chi connectivity index (χ2v) is 4.56. The molecule has 3 nitrogen and oxygen atoms in total. The van der Waals surface area contributed by atoms with Crippen LogP contribution in [-0.2, 0) is 11.3 Å². The Bertz CT molecular complexity index is 409. The van der Waals surface area contributed by atoms with E-state index in [1.54, 1.807) is 17.0 Å². The highest BCUT2D eigenvalue weighted by Gasteiger charge is 2.15. The van der Waals surface area contributed by atoms with Crippen LogP contribution in [0.1, 0.15) is 19.4 Å². The Morgan fingerprint density at radius 2 is 2.18 bits per heavy atom. The van der Waals surface area contributed by atoms with Crippen molar-refractivity contribution in [1.82, 2.24) is 4.90 Å². The third-order valence-electron chi connectivity index (χ3n) is 2.46. The Balaban J connectivity index is 2.82. The monoisotopic (exact) mass is 259 g/mol. The van der Waals surface area contributed by atoms with Crippen LogP contribution in [0.2, 0.25) is 5.02 Å². The number of halogens is 2. The highest BCUT2D eigenvalue weighted by atomic mass is 35.5. The molecule has 0 saturated carbocycles. The van der Waals surface area contributed by atoms with Gasteiger partial charge in [0.25, 0.3) is 0 Å². The molecule has 0 amide bonds. The van der Waals surface area contributed by atoms with Crippen LogP contribution in [0.25, 0.3) is 0 Å². The maximum atomic E-state index is 13.6. The summed E-state index contributed by atoms with van der Waals surface area (Å²) in [6.07, 6.45) is 0. The summed E-state index contributed by atoms with van der Waals surface area (Å²) in [7, 11) is 0. The molecule has 0 atom stereocenters. The van der Waals surface area contributed by atoms with Crippen LogP contribution in [0, 0.1) is 5.82 Å². The fraction of sp³-hybridized carbons (Fsp3) is 0.417. The van der Waals surface area contributed by atoms with E-state index in [1.165, 1.54) is 6.07 Å². The van der Waals surface area contributed by atoms with Crippen molar-refractivity contribution in [2.45, 2.75) is 26.4 Å². The summed E-state index contributed by atoms with van der Waals surface area (Å²) in [5.74, 6) is -1.33. The van der Waals surface area contributed by atoms with Crippen LogP contribution in [-0.4, -0.2) is 28.6 Å². The van der Waals surface area contributed by atoms with Crippen molar-refractivity contribution in [3.8, 4) is 0 Å². The van der Waals surface area contributed by atoms with Gasteiger partial charge in [0.2, 0.25) is 0 Å². The third kappa shape index (κ3) is 4.32. The summed E-state index contributed by atoms with van der Waals surface area (Å²) in [6, 6.07) is 4.44. The van der Waals surface area contributed by atoms with Gasteiger partial charge in [-0.15, -0.1) is 0 Å². The van der Waals surface area contributed by atoms with E-state index in [4.69, 9.17) is 16.7 Å². The van der Waals surface area contributed by atoms with Gasteiger partial charge in [-0.3, -0.25) is 9.69 Å². The van der Waals surface area contributed by atoms with Crippen molar-refractivity contribution < 1.29 is 14.3 Å². The first-order chi connectivity index (χ1) is 7.90. The molecule has 1 aromatic rings. The summed E-state index contributed by atoms with van der Waals surface area (Å²) in [4.78, 5) is 12.4. The molecule has 0 aliphatic heterocycles. The van der Waals surface area contributed by atoms with Crippen LogP contribution in [0.15, 0.2) is 18.2 Å². The maximum Gasteiger partial charge on any atom is 0.317 e. The Morgan fingerprint density at radius 3 is 2.65 bits per heavy atom. The van der Waals surface area contributed by atoms with Crippen molar-refractivity contribution in [2.24, 2.45) is 0 Å². The SMILES string of the molecule is CC(C)N(CC(=O)O)Cc1ccc(Cl)cc1F. The predicted octanol–water partition coefficient (Wildman–Crippen LogP) is 2.77. The number of rotatable bonds is 5. The molecule has 0 aliphatic rings. The van der Waals surface area contributed by atoms with Gasteiger partial charge in [-0.1, -0.05) is 17.7 Å². The average Bonchev–Trinajstić information content (AvgIpc) is 2.19. The zero-order valence-corrected chi connectivity index (χ0v) is 10.5. The van der Waals surface area contributed by atoms with Gasteiger partial charge in [0, 0.05) is 23.2 Å². The van der Waals surface area contributed by atoms with Crippen molar-refractivity contribution in [3.05, 3.63) is 34.6 Å². The highest BCUT2D eigenvalue weighted by molar-refractivity contribution is 6.30. The highest BCUT2D eigenvalue weighted by Crippen LogP contribution is 2.17. The number of hydrogen-bond donors (Lipinski definition) is 1. The number of nitrogens with zero attached hydrogens (tertiary/aromatic N) is 1. The summed E-state index contributed by atoms with van der Waals surface area (Å²) in [6.45, 7) is 3.89. The molecule has 0 heterocycles. The zero-order chi connectivity index (χ0) is 13.0. The van der Waals surface area contributed by atoms with E-state index >= 15 is 0 Å². The predicted molar refractivity (Wildman–Crippen MR) is 64.6 cm³/mol. The van der Waals surface area contributed by atoms with Crippen LogP contribution < -0.4 is 0 Å². The summed E-state index contributed by atoms with van der Waals surface area (Å²) < 4.78 is 13.6. The third-order valence-corrected chi connectivity index (χ3v) is 2.69. The minimum atomic E-state index is -0.923. The van der Waals surface area contributed by atoms with Crippen molar-refractivity contribution in [3.63, 3.8) is 0 Å². The van der Waals surface area contributed by atoms with Gasteiger partial charge in [0.1, 0.15) is 5.82 Å². The lowest BCUT2D eigenvalue weighted by molar-refractivity contribution is -0.139. The van der Waals surface area contributed by atoms with Crippen LogP contribution in [0.4, 0.5) is 4.39 Å². The molecular weight excluding hydrogens is 245 g/mol. The molecular formula is C12H15ClFNO2. The summed E-state index contributed by atoms with van der Waals surface area (Å²) in [5, 5.41) is 9.10. The topological polar surface area (TPSA) is 40.5 Å². The number of carbonyl (C=O) groups is 1. The molecule has 0 aliphatic carbocycles. The van der Waals surface area contributed by atoms with E-state index in [1.807, 2.05) is 13.8 Å². The molecule has 5 heteroatoms. The van der Waals surface area contributed by atoms with E-state index < -0.39 is 11.8 Å². The lowest BCUT2D eigenvalue weighted by Gasteiger charge is -2.24. The van der Waals surface area contributed by atoms with Crippen molar-refractivity contribution in [2.75, 3.05) is 6.54 Å². The zero-order valence-electron chi connectivity index (χ0n) is 9.78. The van der Waals surface area contributed by atoms with E-state index in [9.17, 15) is 9.18 Å². The Morgan fingerprint density at radius 1 is 1.53 bits per heavy atom. The number of aliphatic carboxylic acids is 1. The molecule has 1 aromatic carbocycles. The van der Waals surface area contributed by atoms with Crippen LogP contribution >= 0.6 is 11.6 Å². The Hall–Kier alpha value is -1.13. The van der Waals surface area contributed by atoms with Crippen LogP contribution in [0.3, 0.4) is 0 Å². The van der Waals surface area contributed by atoms with Crippen molar-refractivity contribution in [1.29, 1.82) is 0 Å².